The van der Waals surface area contributed by atoms with E-state index in [1.54, 1.807) is 6.07 Å². The van der Waals surface area contributed by atoms with Gasteiger partial charge in [0, 0.05) is 29.6 Å². The Morgan fingerprint density at radius 1 is 1.05 bits per heavy atom. The molecule has 1 fully saturated rings. The number of aromatic carboxylic acids is 1. The highest BCUT2D eigenvalue weighted by atomic mass is 16.5. The van der Waals surface area contributed by atoms with Gasteiger partial charge in [-0.1, -0.05) is 67.8 Å². The number of carboxylic acids is 1. The first-order chi connectivity index (χ1) is 20.0. The summed E-state index contributed by atoms with van der Waals surface area (Å²) in [6, 6.07) is 22.4. The van der Waals surface area contributed by atoms with Gasteiger partial charge in [0.25, 0.3) is 0 Å². The largest absolute Gasteiger partial charge is 0.490 e. The normalized spacial score (nSPS) is 17.5. The molecule has 2 aliphatic rings. The maximum absolute atomic E-state index is 12.0. The zero-order chi connectivity index (χ0) is 28.3. The third kappa shape index (κ3) is 5.77. The van der Waals surface area contributed by atoms with Crippen molar-refractivity contribution in [2.24, 2.45) is 0 Å². The smallest absolute Gasteiger partial charge is 0.335 e. The first-order valence-electron chi connectivity index (χ1n) is 15.0. The summed E-state index contributed by atoms with van der Waals surface area (Å²) in [5.74, 6) is 0.414. The summed E-state index contributed by atoms with van der Waals surface area (Å²) in [6.07, 6.45) is 5.87. The van der Waals surface area contributed by atoms with Gasteiger partial charge in [-0.2, -0.15) is 0 Å². The number of aromatic nitrogens is 1. The minimum absolute atomic E-state index is 0.171. The number of fused-ring (bicyclic) bond motifs is 5. The molecule has 6 rings (SSSR count). The van der Waals surface area contributed by atoms with Gasteiger partial charge in [0.2, 0.25) is 0 Å². The standard InChI is InChI=1S/C35H40N2O4/c1-24-10-9-15-31-32(24)34-33(26-13-7-4-8-14-26)29-17-16-27(35(38)39)20-30(29)37(34)22-28(23-41-31)40-19-18-36(2)21-25-11-5-3-6-12-25/h3,5-6,9-12,15-17,20,26,28H,4,7-8,13-14,18-19,21-23H2,1-2H3,(H,38,39)/t28-/m0/s1. The van der Waals surface area contributed by atoms with Crippen molar-refractivity contribution < 1.29 is 19.4 Å². The van der Waals surface area contributed by atoms with Crippen LogP contribution >= 0.6 is 0 Å². The van der Waals surface area contributed by atoms with Crippen molar-refractivity contribution in [3.05, 3.63) is 89.0 Å². The topological polar surface area (TPSA) is 63.9 Å². The van der Waals surface area contributed by atoms with E-state index >= 15 is 0 Å². The molecule has 0 spiro atoms. The average Bonchev–Trinajstić information content (AvgIpc) is 3.27. The molecule has 4 aromatic rings. The van der Waals surface area contributed by atoms with Crippen LogP contribution in [0.2, 0.25) is 0 Å². The van der Waals surface area contributed by atoms with Gasteiger partial charge in [-0.05, 0) is 67.6 Å². The summed E-state index contributed by atoms with van der Waals surface area (Å²) in [5.41, 5.74) is 7.40. The molecule has 0 saturated heterocycles. The fraction of sp³-hybridized carbons (Fsp3) is 0.400. The second-order valence-electron chi connectivity index (χ2n) is 11.7. The lowest BCUT2D eigenvalue weighted by atomic mass is 9.81. The van der Waals surface area contributed by atoms with Crippen LogP contribution in [0.1, 0.15) is 65.1 Å². The van der Waals surface area contributed by atoms with Crippen LogP contribution in [0.4, 0.5) is 0 Å². The molecule has 1 atom stereocenters. The van der Waals surface area contributed by atoms with Gasteiger partial charge < -0.3 is 19.1 Å². The molecule has 6 nitrogen and oxygen atoms in total. The van der Waals surface area contributed by atoms with E-state index in [1.165, 1.54) is 41.6 Å². The van der Waals surface area contributed by atoms with Gasteiger partial charge in [0.1, 0.15) is 18.5 Å². The Labute approximate surface area is 242 Å². The maximum Gasteiger partial charge on any atom is 0.335 e. The van der Waals surface area contributed by atoms with Crippen molar-refractivity contribution in [3.8, 4) is 17.0 Å². The van der Waals surface area contributed by atoms with Crippen LogP contribution < -0.4 is 4.74 Å². The summed E-state index contributed by atoms with van der Waals surface area (Å²) >= 11 is 0. The number of rotatable bonds is 8. The molecular weight excluding hydrogens is 512 g/mol. The number of aryl methyl sites for hydroxylation is 1. The molecule has 214 valence electrons. The van der Waals surface area contributed by atoms with Crippen molar-refractivity contribution in [2.45, 2.75) is 64.1 Å². The van der Waals surface area contributed by atoms with Crippen molar-refractivity contribution in [1.82, 2.24) is 9.47 Å². The van der Waals surface area contributed by atoms with E-state index in [-0.39, 0.29) is 6.10 Å². The number of carbonyl (C=O) groups is 1. The van der Waals surface area contributed by atoms with Crippen molar-refractivity contribution in [2.75, 3.05) is 26.8 Å². The van der Waals surface area contributed by atoms with Crippen LogP contribution in [0.5, 0.6) is 5.75 Å². The van der Waals surface area contributed by atoms with Crippen LogP contribution in [0.25, 0.3) is 22.2 Å². The SMILES string of the molecule is Cc1cccc2c1-c1c(C3CCCCC3)c3ccc(C(=O)O)cc3n1C[C@H](OCCN(C)Cc1ccccc1)CO2. The highest BCUT2D eigenvalue weighted by Crippen LogP contribution is 2.48. The van der Waals surface area contributed by atoms with Crippen molar-refractivity contribution in [1.29, 1.82) is 0 Å². The predicted octanol–water partition coefficient (Wildman–Crippen LogP) is 7.27. The van der Waals surface area contributed by atoms with Gasteiger partial charge in [-0.3, -0.25) is 4.90 Å². The number of hydrogen-bond acceptors (Lipinski definition) is 4. The highest BCUT2D eigenvalue weighted by molar-refractivity contribution is 5.99. The summed E-state index contributed by atoms with van der Waals surface area (Å²) in [7, 11) is 2.12. The lowest BCUT2D eigenvalue weighted by Crippen LogP contribution is -2.32. The fourth-order valence-corrected chi connectivity index (χ4v) is 6.73. The zero-order valence-electron chi connectivity index (χ0n) is 24.1. The Hall–Kier alpha value is -3.61. The van der Waals surface area contributed by atoms with Gasteiger partial charge in [-0.25, -0.2) is 4.79 Å². The molecule has 1 aliphatic heterocycles. The number of benzene rings is 3. The van der Waals surface area contributed by atoms with E-state index in [0.29, 0.717) is 31.2 Å². The molecule has 2 heterocycles. The average molecular weight is 553 g/mol. The minimum Gasteiger partial charge on any atom is -0.490 e. The van der Waals surface area contributed by atoms with Crippen LogP contribution in [-0.4, -0.2) is 53.5 Å². The van der Waals surface area contributed by atoms with E-state index in [9.17, 15) is 9.90 Å². The molecule has 1 N–H and O–H groups in total. The van der Waals surface area contributed by atoms with E-state index in [2.05, 4.69) is 65.9 Å². The Morgan fingerprint density at radius 2 is 1.85 bits per heavy atom. The molecule has 1 aliphatic carbocycles. The lowest BCUT2D eigenvalue weighted by molar-refractivity contribution is 0.00171. The molecular formula is C35H40N2O4. The van der Waals surface area contributed by atoms with E-state index in [4.69, 9.17) is 9.47 Å². The molecule has 1 saturated carbocycles. The van der Waals surface area contributed by atoms with E-state index in [1.807, 2.05) is 18.2 Å². The number of ether oxygens (including phenoxy) is 2. The van der Waals surface area contributed by atoms with Gasteiger partial charge in [0.05, 0.1) is 24.4 Å². The molecule has 6 heteroatoms. The van der Waals surface area contributed by atoms with Gasteiger partial charge in [0.15, 0.2) is 0 Å². The Morgan fingerprint density at radius 3 is 2.63 bits per heavy atom. The van der Waals surface area contributed by atoms with Crippen LogP contribution in [0.3, 0.4) is 0 Å². The molecule has 41 heavy (non-hydrogen) atoms. The quantitative estimate of drug-likeness (QED) is 0.249. The monoisotopic (exact) mass is 552 g/mol. The number of nitrogens with zero attached hydrogens (tertiary/aromatic N) is 2. The Balaban J connectivity index is 1.37. The number of likely N-dealkylation sites (N-methyl/N-ethyl adjacent to an activating group) is 1. The number of hydrogen-bond donors (Lipinski definition) is 1. The first kappa shape index (κ1) is 27.6. The first-order valence-corrected chi connectivity index (χ1v) is 15.0. The molecule has 0 amide bonds. The number of carboxylic acid groups (broad SMARTS) is 1. The third-order valence-corrected chi connectivity index (χ3v) is 8.77. The fourth-order valence-electron chi connectivity index (χ4n) is 6.73. The summed E-state index contributed by atoms with van der Waals surface area (Å²) < 4.78 is 15.3. The van der Waals surface area contributed by atoms with Crippen LogP contribution in [-0.2, 0) is 17.8 Å². The lowest BCUT2D eigenvalue weighted by Gasteiger charge is -2.29. The third-order valence-electron chi connectivity index (χ3n) is 8.77. The predicted molar refractivity (Wildman–Crippen MR) is 163 cm³/mol. The Kier molecular flexibility index (Phi) is 8.13. The second kappa shape index (κ2) is 12.1. The Bertz CT molecular complexity index is 1520. The second-order valence-corrected chi connectivity index (χ2v) is 11.7. The summed E-state index contributed by atoms with van der Waals surface area (Å²) in [6.45, 7) is 5.45. The van der Waals surface area contributed by atoms with Gasteiger partial charge >= 0.3 is 5.97 Å². The summed E-state index contributed by atoms with van der Waals surface area (Å²) in [5, 5.41) is 11.0. The molecule has 3 aromatic carbocycles. The van der Waals surface area contributed by atoms with Crippen molar-refractivity contribution >= 4 is 16.9 Å². The highest BCUT2D eigenvalue weighted by Gasteiger charge is 2.31. The van der Waals surface area contributed by atoms with Crippen LogP contribution in [0, 0.1) is 6.92 Å². The summed E-state index contributed by atoms with van der Waals surface area (Å²) in [4.78, 5) is 14.3. The molecule has 0 radical (unpaired) electrons. The van der Waals surface area contributed by atoms with E-state index < -0.39 is 5.97 Å². The van der Waals surface area contributed by atoms with Crippen molar-refractivity contribution in [3.63, 3.8) is 0 Å². The maximum atomic E-state index is 12.0. The van der Waals surface area contributed by atoms with E-state index in [0.717, 1.165) is 48.1 Å². The molecule has 1 aromatic heterocycles. The zero-order valence-corrected chi connectivity index (χ0v) is 24.1. The molecule has 0 unspecified atom stereocenters. The minimum atomic E-state index is -0.901. The van der Waals surface area contributed by atoms with Crippen LogP contribution in [0.15, 0.2) is 66.7 Å². The molecule has 0 bridgehead atoms. The van der Waals surface area contributed by atoms with Gasteiger partial charge in [-0.15, -0.1) is 0 Å².